The first-order valence-electron chi connectivity index (χ1n) is 7.33. The molecular weight excluding hydrogens is 405 g/mol. The Morgan fingerprint density at radius 2 is 1.81 bits per heavy atom. The normalized spacial score (nSPS) is 12.5. The lowest BCUT2D eigenvalue weighted by atomic mass is 10.3. The number of ether oxygens (including phenoxy) is 1. The molecule has 0 atom stereocenters. The summed E-state index contributed by atoms with van der Waals surface area (Å²) in [6.07, 6.45) is 0. The van der Waals surface area contributed by atoms with E-state index < -0.39 is 40.0 Å². The Hall–Kier alpha value is -2.66. The van der Waals surface area contributed by atoms with Crippen molar-refractivity contribution < 1.29 is 31.1 Å². The number of carbonyl (C=O) groups is 1. The fourth-order valence-electron chi connectivity index (χ4n) is 2.30. The minimum absolute atomic E-state index is 0.0597. The Bertz CT molecular complexity index is 1200. The van der Waals surface area contributed by atoms with Crippen LogP contribution in [0.3, 0.4) is 0 Å². The van der Waals surface area contributed by atoms with Gasteiger partial charge in [-0.1, -0.05) is 11.3 Å². The second-order valence-electron chi connectivity index (χ2n) is 5.30. The molecule has 0 saturated carbocycles. The van der Waals surface area contributed by atoms with Gasteiger partial charge < -0.3 is 9.30 Å². The minimum Gasteiger partial charge on any atom is -0.468 e. The molecule has 142 valence electrons. The van der Waals surface area contributed by atoms with Crippen molar-refractivity contribution in [2.75, 3.05) is 7.11 Å². The average Bonchev–Trinajstić information content (AvgIpc) is 2.91. The van der Waals surface area contributed by atoms with E-state index in [2.05, 4.69) is 9.13 Å². The number of hydrogen-bond donors (Lipinski definition) is 0. The highest BCUT2D eigenvalue weighted by molar-refractivity contribution is 7.90. The van der Waals surface area contributed by atoms with E-state index in [1.54, 1.807) is 0 Å². The number of benzene rings is 2. The van der Waals surface area contributed by atoms with E-state index in [9.17, 15) is 26.4 Å². The monoisotopic (exact) mass is 416 g/mol. The van der Waals surface area contributed by atoms with E-state index in [1.165, 1.54) is 0 Å². The molecule has 11 heteroatoms. The SMILES string of the molecule is COC(=O)Cn1c(=NS(=O)(=O)c2ccc(F)cc2)sc2cc(F)cc(F)c21. The van der Waals surface area contributed by atoms with Gasteiger partial charge in [-0.2, -0.15) is 8.42 Å². The lowest BCUT2D eigenvalue weighted by Crippen LogP contribution is -2.23. The maximum absolute atomic E-state index is 14.2. The molecule has 2 aromatic carbocycles. The summed E-state index contributed by atoms with van der Waals surface area (Å²) in [5, 5.41) is 0. The number of sulfonamides is 1. The van der Waals surface area contributed by atoms with E-state index in [0.717, 1.165) is 42.0 Å². The van der Waals surface area contributed by atoms with Crippen LogP contribution in [0.2, 0.25) is 0 Å². The Morgan fingerprint density at radius 1 is 1.15 bits per heavy atom. The molecule has 0 bridgehead atoms. The summed E-state index contributed by atoms with van der Waals surface area (Å²) in [4.78, 5) is 11.1. The summed E-state index contributed by atoms with van der Waals surface area (Å²) in [6, 6.07) is 5.55. The van der Waals surface area contributed by atoms with Crippen LogP contribution < -0.4 is 4.80 Å². The van der Waals surface area contributed by atoms with Gasteiger partial charge in [-0.15, -0.1) is 4.40 Å². The first-order valence-corrected chi connectivity index (χ1v) is 9.58. The smallest absolute Gasteiger partial charge is 0.325 e. The van der Waals surface area contributed by atoms with Crippen LogP contribution in [0.4, 0.5) is 13.2 Å². The van der Waals surface area contributed by atoms with Crippen molar-refractivity contribution in [2.24, 2.45) is 4.40 Å². The first-order chi connectivity index (χ1) is 12.7. The van der Waals surface area contributed by atoms with Crippen LogP contribution in [0, 0.1) is 17.5 Å². The van der Waals surface area contributed by atoms with Crippen LogP contribution in [0.5, 0.6) is 0 Å². The molecule has 0 unspecified atom stereocenters. The summed E-state index contributed by atoms with van der Waals surface area (Å²) < 4.78 is 74.9. The number of esters is 1. The predicted molar refractivity (Wildman–Crippen MR) is 90.9 cm³/mol. The van der Waals surface area contributed by atoms with Crippen LogP contribution >= 0.6 is 11.3 Å². The van der Waals surface area contributed by atoms with Crippen molar-refractivity contribution in [1.82, 2.24) is 4.57 Å². The number of thiazole rings is 1. The fourth-order valence-corrected chi connectivity index (χ4v) is 4.57. The Balaban J connectivity index is 2.27. The van der Waals surface area contributed by atoms with Gasteiger partial charge in [-0.05, 0) is 30.3 Å². The van der Waals surface area contributed by atoms with Gasteiger partial charge in [0.15, 0.2) is 5.82 Å². The third kappa shape index (κ3) is 3.88. The fraction of sp³-hybridized carbons (Fsp3) is 0.125. The molecular formula is C16H11F3N2O4S2. The Labute approximate surface area is 155 Å². The molecule has 0 N–H and O–H groups in total. The molecule has 0 spiro atoms. The van der Waals surface area contributed by atoms with Gasteiger partial charge in [0.25, 0.3) is 10.0 Å². The lowest BCUT2D eigenvalue weighted by Gasteiger charge is -2.05. The van der Waals surface area contributed by atoms with Crippen molar-refractivity contribution in [3.63, 3.8) is 0 Å². The van der Waals surface area contributed by atoms with Gasteiger partial charge >= 0.3 is 5.97 Å². The highest BCUT2D eigenvalue weighted by Gasteiger charge is 2.19. The van der Waals surface area contributed by atoms with Gasteiger partial charge in [0.2, 0.25) is 4.80 Å². The third-order valence-electron chi connectivity index (χ3n) is 3.52. The molecule has 0 aliphatic rings. The molecule has 0 saturated heterocycles. The number of hydrogen-bond acceptors (Lipinski definition) is 5. The Kier molecular flexibility index (Phi) is 5.07. The van der Waals surface area contributed by atoms with E-state index in [4.69, 9.17) is 0 Å². The third-order valence-corrected chi connectivity index (χ3v) is 5.94. The highest BCUT2D eigenvalue weighted by atomic mass is 32.2. The zero-order chi connectivity index (χ0) is 19.8. The van der Waals surface area contributed by atoms with Crippen molar-refractivity contribution in [3.05, 3.63) is 58.7 Å². The summed E-state index contributed by atoms with van der Waals surface area (Å²) in [7, 11) is -3.18. The highest BCUT2D eigenvalue weighted by Crippen LogP contribution is 2.23. The predicted octanol–water partition coefficient (Wildman–Crippen LogP) is 2.58. The van der Waals surface area contributed by atoms with Crippen molar-refractivity contribution in [3.8, 4) is 0 Å². The number of methoxy groups -OCH3 is 1. The van der Waals surface area contributed by atoms with E-state index in [0.29, 0.717) is 17.4 Å². The molecule has 1 heterocycles. The average molecular weight is 416 g/mol. The van der Waals surface area contributed by atoms with Gasteiger partial charge in [-0.25, -0.2) is 13.2 Å². The molecule has 0 aliphatic carbocycles. The molecule has 1 aromatic heterocycles. The molecule has 27 heavy (non-hydrogen) atoms. The standard InChI is InChI=1S/C16H11F3N2O4S2/c1-25-14(22)8-21-15-12(19)6-10(18)7-13(15)26-16(21)20-27(23,24)11-4-2-9(17)3-5-11/h2-7H,8H2,1H3. The topological polar surface area (TPSA) is 77.7 Å². The van der Waals surface area contributed by atoms with E-state index in [1.807, 2.05) is 0 Å². The quantitative estimate of drug-likeness (QED) is 0.613. The molecule has 0 amide bonds. The number of aromatic nitrogens is 1. The second kappa shape index (κ2) is 7.16. The second-order valence-corrected chi connectivity index (χ2v) is 7.91. The first kappa shape index (κ1) is 19.1. The molecule has 3 aromatic rings. The van der Waals surface area contributed by atoms with Crippen molar-refractivity contribution >= 4 is 37.5 Å². The van der Waals surface area contributed by atoms with Gasteiger partial charge in [0.1, 0.15) is 18.2 Å². The summed E-state index contributed by atoms with van der Waals surface area (Å²) in [6.45, 7) is -0.531. The van der Waals surface area contributed by atoms with E-state index in [-0.39, 0.29) is 19.9 Å². The zero-order valence-corrected chi connectivity index (χ0v) is 15.3. The lowest BCUT2D eigenvalue weighted by molar-refractivity contribution is -0.141. The van der Waals surface area contributed by atoms with Crippen LogP contribution in [0.25, 0.3) is 10.2 Å². The van der Waals surface area contributed by atoms with Crippen LogP contribution in [0.1, 0.15) is 0 Å². The van der Waals surface area contributed by atoms with Crippen molar-refractivity contribution in [2.45, 2.75) is 11.4 Å². The number of fused-ring (bicyclic) bond motifs is 1. The maximum atomic E-state index is 14.2. The number of carbonyl (C=O) groups excluding carboxylic acids is 1. The van der Waals surface area contributed by atoms with Crippen LogP contribution in [-0.4, -0.2) is 26.1 Å². The number of halogens is 3. The van der Waals surface area contributed by atoms with Crippen LogP contribution in [-0.2, 0) is 26.1 Å². The van der Waals surface area contributed by atoms with Crippen molar-refractivity contribution in [1.29, 1.82) is 0 Å². The molecule has 0 radical (unpaired) electrons. The largest absolute Gasteiger partial charge is 0.468 e. The number of nitrogens with zero attached hydrogens (tertiary/aromatic N) is 2. The van der Waals surface area contributed by atoms with Gasteiger partial charge in [0, 0.05) is 6.07 Å². The zero-order valence-electron chi connectivity index (χ0n) is 13.6. The van der Waals surface area contributed by atoms with Crippen LogP contribution in [0.15, 0.2) is 45.7 Å². The summed E-state index contributed by atoms with van der Waals surface area (Å²) >= 11 is 0.685. The van der Waals surface area contributed by atoms with Gasteiger partial charge in [-0.3, -0.25) is 4.79 Å². The maximum Gasteiger partial charge on any atom is 0.325 e. The summed E-state index contributed by atoms with van der Waals surface area (Å²) in [5.74, 6) is -3.25. The Morgan fingerprint density at radius 3 is 2.44 bits per heavy atom. The molecule has 0 aliphatic heterocycles. The molecule has 0 fully saturated rings. The minimum atomic E-state index is -4.29. The molecule has 3 rings (SSSR count). The van der Waals surface area contributed by atoms with E-state index >= 15 is 0 Å². The number of rotatable bonds is 4. The summed E-state index contributed by atoms with van der Waals surface area (Å²) in [5.41, 5.74) is -0.181. The molecule has 6 nitrogen and oxygen atoms in total. The van der Waals surface area contributed by atoms with Gasteiger partial charge in [0.05, 0.1) is 22.2 Å².